The van der Waals surface area contributed by atoms with E-state index in [0.29, 0.717) is 12.5 Å². The van der Waals surface area contributed by atoms with Crippen molar-refractivity contribution in [2.45, 2.75) is 78.2 Å². The molecule has 6 nitrogen and oxygen atoms in total. The number of carbonyl (C=O) groups excluding carboxylic acids is 2. The molecule has 0 aliphatic carbocycles. The monoisotopic (exact) mass is 404 g/mol. The lowest BCUT2D eigenvalue weighted by Crippen LogP contribution is -2.49. The Bertz CT molecular complexity index is 655. The zero-order valence-electron chi connectivity index (χ0n) is 18.4. The number of likely N-dealkylation sites (tertiary alicyclic amines) is 1. The zero-order chi connectivity index (χ0) is 21.4. The average Bonchev–Trinajstić information content (AvgIpc) is 3.06. The summed E-state index contributed by atoms with van der Waals surface area (Å²) in [7, 11) is 0. The van der Waals surface area contributed by atoms with Crippen LogP contribution in [0.4, 0.5) is 4.79 Å². The first kappa shape index (κ1) is 23.2. The first-order valence-corrected chi connectivity index (χ1v) is 10.6. The van der Waals surface area contributed by atoms with E-state index in [-0.39, 0.29) is 24.7 Å². The molecule has 0 aromatic heterocycles. The van der Waals surface area contributed by atoms with Crippen LogP contribution < -0.4 is 5.32 Å². The number of esters is 1. The minimum Gasteiger partial charge on any atom is -0.460 e. The second-order valence-corrected chi connectivity index (χ2v) is 9.22. The predicted molar refractivity (Wildman–Crippen MR) is 113 cm³/mol. The number of ether oxygens (including phenoxy) is 2. The Morgan fingerprint density at radius 1 is 1.21 bits per heavy atom. The van der Waals surface area contributed by atoms with Crippen LogP contribution in [0.1, 0.15) is 59.4 Å². The normalized spacial score (nSPS) is 18.5. The predicted octanol–water partition coefficient (Wildman–Crippen LogP) is 4.13. The number of hydrogen-bond donors (Lipinski definition) is 1. The maximum absolute atomic E-state index is 12.7. The molecule has 162 valence electrons. The first-order valence-electron chi connectivity index (χ1n) is 10.6. The number of rotatable bonds is 8. The quantitative estimate of drug-likeness (QED) is 0.660. The van der Waals surface area contributed by atoms with Crippen molar-refractivity contribution in [2.24, 2.45) is 5.92 Å². The highest BCUT2D eigenvalue weighted by Crippen LogP contribution is 2.21. The van der Waals surface area contributed by atoms with Crippen LogP contribution in [0.25, 0.3) is 0 Å². The highest BCUT2D eigenvalue weighted by Gasteiger charge is 2.34. The van der Waals surface area contributed by atoms with Gasteiger partial charge in [0.2, 0.25) is 0 Å². The molecule has 1 amide bonds. The molecule has 2 rings (SSSR count). The SMILES string of the molecule is CC(C)C[C@@H](CN1CCC[C@H]1C(=O)OCc1ccccc1)NC(=O)OC(C)(C)C. The maximum Gasteiger partial charge on any atom is 0.407 e. The molecule has 1 fully saturated rings. The summed E-state index contributed by atoms with van der Waals surface area (Å²) in [6, 6.07) is 9.37. The Balaban J connectivity index is 1.93. The fourth-order valence-corrected chi connectivity index (χ4v) is 3.64. The van der Waals surface area contributed by atoms with Gasteiger partial charge in [-0.3, -0.25) is 9.69 Å². The Labute approximate surface area is 174 Å². The maximum atomic E-state index is 12.7. The van der Waals surface area contributed by atoms with Gasteiger partial charge in [0.15, 0.2) is 0 Å². The zero-order valence-corrected chi connectivity index (χ0v) is 18.4. The Morgan fingerprint density at radius 3 is 2.52 bits per heavy atom. The lowest BCUT2D eigenvalue weighted by molar-refractivity contribution is -0.150. The highest BCUT2D eigenvalue weighted by atomic mass is 16.6. The molecule has 1 N–H and O–H groups in total. The Hall–Kier alpha value is -2.08. The molecule has 0 spiro atoms. The average molecular weight is 405 g/mol. The van der Waals surface area contributed by atoms with E-state index in [1.54, 1.807) is 0 Å². The molecule has 1 heterocycles. The fourth-order valence-electron chi connectivity index (χ4n) is 3.64. The van der Waals surface area contributed by atoms with Crippen LogP contribution in [-0.2, 0) is 20.9 Å². The van der Waals surface area contributed by atoms with Gasteiger partial charge in [0.05, 0.1) is 0 Å². The number of nitrogens with one attached hydrogen (secondary N) is 1. The summed E-state index contributed by atoms with van der Waals surface area (Å²) in [4.78, 5) is 27.1. The molecular formula is C23H36N2O4. The Kier molecular flexibility index (Phi) is 8.50. The van der Waals surface area contributed by atoms with Gasteiger partial charge in [-0.1, -0.05) is 44.2 Å². The lowest BCUT2D eigenvalue weighted by atomic mass is 10.0. The van der Waals surface area contributed by atoms with Gasteiger partial charge in [-0.05, 0) is 58.1 Å². The van der Waals surface area contributed by atoms with E-state index in [1.165, 1.54) is 0 Å². The van der Waals surface area contributed by atoms with Gasteiger partial charge in [-0.2, -0.15) is 0 Å². The fraction of sp³-hybridized carbons (Fsp3) is 0.652. The third-order valence-corrected chi connectivity index (χ3v) is 4.79. The molecule has 1 aromatic rings. The van der Waals surface area contributed by atoms with E-state index >= 15 is 0 Å². The van der Waals surface area contributed by atoms with E-state index in [1.807, 2.05) is 51.1 Å². The van der Waals surface area contributed by atoms with Gasteiger partial charge in [-0.15, -0.1) is 0 Å². The lowest BCUT2D eigenvalue weighted by Gasteiger charge is -2.30. The largest absolute Gasteiger partial charge is 0.460 e. The second-order valence-electron chi connectivity index (χ2n) is 9.22. The van der Waals surface area contributed by atoms with Gasteiger partial charge in [0, 0.05) is 12.6 Å². The summed E-state index contributed by atoms with van der Waals surface area (Å²) in [6.07, 6.45) is 2.15. The smallest absolute Gasteiger partial charge is 0.407 e. The number of benzene rings is 1. The van der Waals surface area contributed by atoms with Crippen molar-refractivity contribution in [3.63, 3.8) is 0 Å². The van der Waals surface area contributed by atoms with E-state index in [9.17, 15) is 9.59 Å². The number of carbonyl (C=O) groups is 2. The second kappa shape index (κ2) is 10.6. The van der Waals surface area contributed by atoms with Gasteiger partial charge in [0.25, 0.3) is 0 Å². The highest BCUT2D eigenvalue weighted by molar-refractivity contribution is 5.76. The van der Waals surface area contributed by atoms with Gasteiger partial charge < -0.3 is 14.8 Å². The molecule has 0 saturated carbocycles. The van der Waals surface area contributed by atoms with Crippen LogP contribution in [-0.4, -0.2) is 47.7 Å². The first-order chi connectivity index (χ1) is 13.6. The summed E-state index contributed by atoms with van der Waals surface area (Å²) < 4.78 is 11.0. The summed E-state index contributed by atoms with van der Waals surface area (Å²) >= 11 is 0. The summed E-state index contributed by atoms with van der Waals surface area (Å²) in [5.41, 5.74) is 0.443. The van der Waals surface area contributed by atoms with Crippen molar-refractivity contribution in [3.8, 4) is 0 Å². The third kappa shape index (κ3) is 8.44. The Morgan fingerprint density at radius 2 is 1.90 bits per heavy atom. The number of alkyl carbamates (subject to hydrolysis) is 1. The molecule has 1 aromatic carbocycles. The topological polar surface area (TPSA) is 67.9 Å². The third-order valence-electron chi connectivity index (χ3n) is 4.79. The minimum atomic E-state index is -0.538. The molecule has 1 aliphatic heterocycles. The van der Waals surface area contributed by atoms with Crippen LogP contribution in [0.3, 0.4) is 0 Å². The van der Waals surface area contributed by atoms with Crippen LogP contribution in [0, 0.1) is 5.92 Å². The molecule has 29 heavy (non-hydrogen) atoms. The molecule has 0 bridgehead atoms. The van der Waals surface area contributed by atoms with Crippen molar-refractivity contribution < 1.29 is 19.1 Å². The van der Waals surface area contributed by atoms with E-state index in [4.69, 9.17) is 9.47 Å². The van der Waals surface area contributed by atoms with Crippen molar-refractivity contribution in [2.75, 3.05) is 13.1 Å². The summed E-state index contributed by atoms with van der Waals surface area (Å²) in [5, 5.41) is 2.99. The van der Waals surface area contributed by atoms with Crippen molar-refractivity contribution in [1.82, 2.24) is 10.2 Å². The summed E-state index contributed by atoms with van der Waals surface area (Å²) in [6.45, 7) is 11.5. The van der Waals surface area contributed by atoms with Crippen LogP contribution in [0.15, 0.2) is 30.3 Å². The van der Waals surface area contributed by atoms with Crippen molar-refractivity contribution in [1.29, 1.82) is 0 Å². The standard InChI is InChI=1S/C23H36N2O4/c1-17(2)14-19(24-22(27)29-23(3,4)5)15-25-13-9-12-20(25)21(26)28-16-18-10-7-6-8-11-18/h6-8,10-11,17,19-20H,9,12-16H2,1-5H3,(H,24,27)/t19-,20-/m0/s1. The minimum absolute atomic E-state index is 0.0765. The van der Waals surface area contributed by atoms with E-state index < -0.39 is 11.7 Å². The van der Waals surface area contributed by atoms with Crippen LogP contribution >= 0.6 is 0 Å². The number of hydrogen-bond acceptors (Lipinski definition) is 5. The molecule has 1 saturated heterocycles. The van der Waals surface area contributed by atoms with Gasteiger partial charge in [0.1, 0.15) is 18.2 Å². The molecule has 0 unspecified atom stereocenters. The molecule has 2 atom stereocenters. The molecule has 0 radical (unpaired) electrons. The van der Waals surface area contributed by atoms with E-state index in [0.717, 1.165) is 31.4 Å². The molecule has 1 aliphatic rings. The number of amides is 1. The van der Waals surface area contributed by atoms with Crippen molar-refractivity contribution in [3.05, 3.63) is 35.9 Å². The van der Waals surface area contributed by atoms with Crippen LogP contribution in [0.2, 0.25) is 0 Å². The molecule has 6 heteroatoms. The number of nitrogens with zero attached hydrogens (tertiary/aromatic N) is 1. The molecular weight excluding hydrogens is 368 g/mol. The summed E-state index contributed by atoms with van der Waals surface area (Å²) in [5.74, 6) is 0.230. The van der Waals surface area contributed by atoms with Gasteiger partial charge >= 0.3 is 12.1 Å². The van der Waals surface area contributed by atoms with Crippen molar-refractivity contribution >= 4 is 12.1 Å². The van der Waals surface area contributed by atoms with Crippen LogP contribution in [0.5, 0.6) is 0 Å². The van der Waals surface area contributed by atoms with Gasteiger partial charge in [-0.25, -0.2) is 4.79 Å². The van der Waals surface area contributed by atoms with E-state index in [2.05, 4.69) is 24.1 Å².